The summed E-state index contributed by atoms with van der Waals surface area (Å²) in [5.41, 5.74) is 0.253. The van der Waals surface area contributed by atoms with Crippen molar-refractivity contribution >= 4 is 23.5 Å². The van der Waals surface area contributed by atoms with Crippen LogP contribution in [0.1, 0.15) is 28.4 Å². The van der Waals surface area contributed by atoms with Crippen molar-refractivity contribution in [2.24, 2.45) is 0 Å². The molecule has 0 aliphatic carbocycles. The lowest BCUT2D eigenvalue weighted by Gasteiger charge is -2.18. The van der Waals surface area contributed by atoms with Gasteiger partial charge in [-0.3, -0.25) is 24.5 Å². The molecule has 0 aliphatic rings. The van der Waals surface area contributed by atoms with Crippen molar-refractivity contribution in [3.05, 3.63) is 75.6 Å². The van der Waals surface area contributed by atoms with Crippen LogP contribution in [0.3, 0.4) is 0 Å². The first kappa shape index (κ1) is 21.5. The summed E-state index contributed by atoms with van der Waals surface area (Å²) in [5, 5.41) is 15.7. The van der Waals surface area contributed by atoms with E-state index in [-0.39, 0.29) is 17.7 Å². The van der Waals surface area contributed by atoms with Crippen molar-refractivity contribution in [3.8, 4) is 0 Å². The van der Waals surface area contributed by atoms with Crippen LogP contribution < -0.4 is 10.6 Å². The highest BCUT2D eigenvalue weighted by Gasteiger charge is 2.20. The van der Waals surface area contributed by atoms with Gasteiger partial charge >= 0.3 is 5.97 Å². The van der Waals surface area contributed by atoms with Gasteiger partial charge in [-0.1, -0.05) is 18.2 Å². The monoisotopic (exact) mass is 403 g/mol. The number of halogens is 1. The average Bonchev–Trinajstić information content (AvgIpc) is 2.72. The van der Waals surface area contributed by atoms with E-state index in [0.29, 0.717) is 5.56 Å². The number of non-ortho nitro benzene ring substituents is 1. The molecule has 2 aromatic rings. The number of ether oxygens (including phenoxy) is 1. The van der Waals surface area contributed by atoms with E-state index in [9.17, 15) is 28.9 Å². The number of hydrogen-bond acceptors (Lipinski definition) is 6. The standard InChI is InChI=1S/C19H18FN3O6/c1-29-18(25)10-16(12-5-7-14(20)8-6-12)22-17(24)11-21-19(26)13-3-2-4-15(9-13)23(27)28/h2-9,16H,10-11H2,1H3,(H,21,26)(H,22,24). The van der Waals surface area contributed by atoms with Gasteiger partial charge in [0.1, 0.15) is 5.82 Å². The summed E-state index contributed by atoms with van der Waals surface area (Å²) in [4.78, 5) is 46.1. The SMILES string of the molecule is COC(=O)CC(NC(=O)CNC(=O)c1cccc([N+](=O)[O-])c1)c1ccc(F)cc1. The van der Waals surface area contributed by atoms with E-state index in [2.05, 4.69) is 15.4 Å². The molecule has 2 rings (SSSR count). The Bertz CT molecular complexity index is 916. The van der Waals surface area contributed by atoms with Crippen LogP contribution in [0.5, 0.6) is 0 Å². The molecule has 2 N–H and O–H groups in total. The van der Waals surface area contributed by atoms with Crippen LogP contribution in [0.25, 0.3) is 0 Å². The minimum Gasteiger partial charge on any atom is -0.469 e. The summed E-state index contributed by atoms with van der Waals surface area (Å²) in [6.45, 7) is -0.430. The van der Waals surface area contributed by atoms with Crippen molar-refractivity contribution in [1.82, 2.24) is 10.6 Å². The van der Waals surface area contributed by atoms with Gasteiger partial charge in [0.25, 0.3) is 11.6 Å². The minimum absolute atomic E-state index is 0.0247. The molecule has 1 atom stereocenters. The molecule has 0 aliphatic heterocycles. The summed E-state index contributed by atoms with van der Waals surface area (Å²) in [7, 11) is 1.20. The molecule has 0 spiro atoms. The van der Waals surface area contributed by atoms with Crippen molar-refractivity contribution in [1.29, 1.82) is 0 Å². The molecule has 0 saturated heterocycles. The van der Waals surface area contributed by atoms with Crippen LogP contribution in [0, 0.1) is 15.9 Å². The fraction of sp³-hybridized carbons (Fsp3) is 0.211. The topological polar surface area (TPSA) is 128 Å². The molecule has 0 saturated carbocycles. The Morgan fingerprint density at radius 2 is 1.86 bits per heavy atom. The number of nitrogens with zero attached hydrogens (tertiary/aromatic N) is 1. The number of amides is 2. The number of esters is 1. The Kier molecular flexibility index (Phi) is 7.35. The van der Waals surface area contributed by atoms with E-state index >= 15 is 0 Å². The van der Waals surface area contributed by atoms with Crippen LogP contribution in [0.15, 0.2) is 48.5 Å². The molecular weight excluding hydrogens is 385 g/mol. The Hall–Kier alpha value is -3.82. The molecule has 29 heavy (non-hydrogen) atoms. The van der Waals surface area contributed by atoms with Crippen molar-refractivity contribution in [2.45, 2.75) is 12.5 Å². The number of nitro benzene ring substituents is 1. The first-order valence-electron chi connectivity index (χ1n) is 8.44. The second kappa shape index (κ2) is 9.93. The first-order valence-corrected chi connectivity index (χ1v) is 8.44. The third-order valence-electron chi connectivity index (χ3n) is 3.93. The Labute approximate surface area is 165 Å². The molecular formula is C19H18FN3O6. The number of nitro groups is 1. The van der Waals surface area contributed by atoms with Crippen molar-refractivity contribution < 1.29 is 28.4 Å². The number of nitrogens with one attached hydrogen (secondary N) is 2. The van der Waals surface area contributed by atoms with Crippen LogP contribution in [0.2, 0.25) is 0 Å². The van der Waals surface area contributed by atoms with Crippen LogP contribution in [-0.2, 0) is 14.3 Å². The molecule has 2 aromatic carbocycles. The van der Waals surface area contributed by atoms with E-state index in [1.807, 2.05) is 0 Å². The van der Waals surface area contributed by atoms with E-state index in [1.54, 1.807) is 0 Å². The summed E-state index contributed by atoms with van der Waals surface area (Å²) >= 11 is 0. The lowest BCUT2D eigenvalue weighted by molar-refractivity contribution is -0.384. The lowest BCUT2D eigenvalue weighted by atomic mass is 10.0. The maximum atomic E-state index is 13.1. The smallest absolute Gasteiger partial charge is 0.307 e. The van der Waals surface area contributed by atoms with Crippen molar-refractivity contribution in [2.75, 3.05) is 13.7 Å². The van der Waals surface area contributed by atoms with Crippen molar-refractivity contribution in [3.63, 3.8) is 0 Å². The molecule has 1 unspecified atom stereocenters. The third-order valence-corrected chi connectivity index (χ3v) is 3.93. The molecule has 152 valence electrons. The zero-order chi connectivity index (χ0) is 21.4. The number of carbonyl (C=O) groups is 3. The zero-order valence-electron chi connectivity index (χ0n) is 15.4. The quantitative estimate of drug-likeness (QED) is 0.394. The van der Waals surface area contributed by atoms with E-state index in [0.717, 1.165) is 6.07 Å². The van der Waals surface area contributed by atoms with Gasteiger partial charge in [-0.25, -0.2) is 4.39 Å². The second-order valence-corrected chi connectivity index (χ2v) is 5.94. The van der Waals surface area contributed by atoms with Gasteiger partial charge in [0.15, 0.2) is 0 Å². The highest BCUT2D eigenvalue weighted by Crippen LogP contribution is 2.18. The van der Waals surface area contributed by atoms with E-state index in [4.69, 9.17) is 0 Å². The van der Waals surface area contributed by atoms with Gasteiger partial charge in [0.05, 0.1) is 31.0 Å². The van der Waals surface area contributed by atoms with Crippen LogP contribution >= 0.6 is 0 Å². The van der Waals surface area contributed by atoms with Gasteiger partial charge in [-0.2, -0.15) is 0 Å². The normalized spacial score (nSPS) is 11.2. The second-order valence-electron chi connectivity index (χ2n) is 5.94. The van der Waals surface area contributed by atoms with Gasteiger partial charge in [-0.05, 0) is 23.8 Å². The molecule has 0 heterocycles. The number of hydrogen-bond donors (Lipinski definition) is 2. The van der Waals surface area contributed by atoms with Crippen LogP contribution in [0.4, 0.5) is 10.1 Å². The van der Waals surface area contributed by atoms with Gasteiger partial charge in [-0.15, -0.1) is 0 Å². The maximum absolute atomic E-state index is 13.1. The Balaban J connectivity index is 2.01. The molecule has 0 fully saturated rings. The number of benzene rings is 2. The fourth-order valence-corrected chi connectivity index (χ4v) is 2.47. The Morgan fingerprint density at radius 3 is 2.48 bits per heavy atom. The van der Waals surface area contributed by atoms with Gasteiger partial charge in [0, 0.05) is 17.7 Å². The Morgan fingerprint density at radius 1 is 1.17 bits per heavy atom. The minimum atomic E-state index is -0.787. The number of methoxy groups -OCH3 is 1. The van der Waals surface area contributed by atoms with Crippen LogP contribution in [-0.4, -0.2) is 36.4 Å². The van der Waals surface area contributed by atoms with E-state index in [1.165, 1.54) is 49.6 Å². The predicted octanol–water partition coefficient (Wildman–Crippen LogP) is 1.88. The highest BCUT2D eigenvalue weighted by molar-refractivity contribution is 5.97. The largest absolute Gasteiger partial charge is 0.469 e. The average molecular weight is 403 g/mol. The molecule has 9 nitrogen and oxygen atoms in total. The summed E-state index contributed by atoms with van der Waals surface area (Å²) < 4.78 is 17.7. The fourth-order valence-electron chi connectivity index (χ4n) is 2.47. The van der Waals surface area contributed by atoms with Gasteiger partial charge in [0.2, 0.25) is 5.91 Å². The third kappa shape index (κ3) is 6.38. The number of carbonyl (C=O) groups excluding carboxylic acids is 3. The van der Waals surface area contributed by atoms with E-state index < -0.39 is 41.1 Å². The summed E-state index contributed by atoms with van der Waals surface area (Å²) in [5.74, 6) is -2.33. The molecule has 0 aromatic heterocycles. The number of rotatable bonds is 8. The molecule has 2 amide bonds. The maximum Gasteiger partial charge on any atom is 0.307 e. The molecule has 10 heteroatoms. The first-order chi connectivity index (χ1) is 13.8. The summed E-state index contributed by atoms with van der Waals surface area (Å²) in [6, 6.07) is 9.49. The summed E-state index contributed by atoms with van der Waals surface area (Å²) in [6.07, 6.45) is -0.188. The van der Waals surface area contributed by atoms with Gasteiger partial charge < -0.3 is 15.4 Å². The molecule has 0 radical (unpaired) electrons. The molecule has 0 bridgehead atoms. The lowest BCUT2D eigenvalue weighted by Crippen LogP contribution is -2.39. The zero-order valence-corrected chi connectivity index (χ0v) is 15.4. The predicted molar refractivity (Wildman–Crippen MR) is 99.3 cm³/mol. The highest BCUT2D eigenvalue weighted by atomic mass is 19.1.